The largest absolute Gasteiger partial charge is 0.469 e. The molecule has 0 fully saturated rings. The molecule has 0 aliphatic heterocycles. The van der Waals surface area contributed by atoms with Gasteiger partial charge in [-0.25, -0.2) is 0 Å². The van der Waals surface area contributed by atoms with Gasteiger partial charge in [0.15, 0.2) is 0 Å². The molecule has 1 aromatic carbocycles. The van der Waals surface area contributed by atoms with Gasteiger partial charge in [0, 0.05) is 11.6 Å². The van der Waals surface area contributed by atoms with E-state index in [1.807, 2.05) is 13.8 Å². The molecule has 17 heavy (non-hydrogen) atoms. The van der Waals surface area contributed by atoms with Crippen LogP contribution < -0.4 is 5.32 Å². The number of ether oxygens (including phenoxy) is 1. The lowest BCUT2D eigenvalue weighted by atomic mass is 10.1. The molecule has 1 aromatic rings. The first kappa shape index (κ1) is 13.2. The van der Waals surface area contributed by atoms with E-state index in [1.165, 1.54) is 7.11 Å². The van der Waals surface area contributed by atoms with E-state index in [0.717, 1.165) is 11.3 Å². The lowest BCUT2D eigenvalue weighted by Crippen LogP contribution is -2.17. The summed E-state index contributed by atoms with van der Waals surface area (Å²) in [6.45, 7) is 3.67. The maximum absolute atomic E-state index is 11.4. The number of hydrogen-bond acceptors (Lipinski definition) is 3. The van der Waals surface area contributed by atoms with Crippen LogP contribution in [0.5, 0.6) is 0 Å². The van der Waals surface area contributed by atoms with Crippen molar-refractivity contribution in [3.8, 4) is 0 Å². The summed E-state index contributed by atoms with van der Waals surface area (Å²) in [6.07, 6.45) is 0.245. The maximum atomic E-state index is 11.4. The van der Waals surface area contributed by atoms with Crippen LogP contribution in [0.4, 0.5) is 5.69 Å². The number of nitrogens with one attached hydrogen (secondary N) is 1. The van der Waals surface area contributed by atoms with E-state index in [9.17, 15) is 9.59 Å². The highest BCUT2D eigenvalue weighted by molar-refractivity contribution is 5.92. The second-order valence-electron chi connectivity index (χ2n) is 4.09. The van der Waals surface area contributed by atoms with Gasteiger partial charge in [-0.05, 0) is 17.7 Å². The molecule has 0 atom stereocenters. The fraction of sp³-hybridized carbons (Fsp3) is 0.385. The highest BCUT2D eigenvalue weighted by Crippen LogP contribution is 2.11. The Morgan fingerprint density at radius 3 is 2.29 bits per heavy atom. The third kappa shape index (κ3) is 4.26. The van der Waals surface area contributed by atoms with E-state index in [4.69, 9.17) is 0 Å². The highest BCUT2D eigenvalue weighted by atomic mass is 16.5. The normalized spacial score (nSPS) is 10.1. The third-order valence-electron chi connectivity index (χ3n) is 2.32. The fourth-order valence-electron chi connectivity index (χ4n) is 1.23. The predicted molar refractivity (Wildman–Crippen MR) is 65.6 cm³/mol. The Morgan fingerprint density at radius 2 is 1.82 bits per heavy atom. The monoisotopic (exact) mass is 235 g/mol. The highest BCUT2D eigenvalue weighted by Gasteiger charge is 2.07. The molecule has 0 heterocycles. The topological polar surface area (TPSA) is 55.4 Å². The van der Waals surface area contributed by atoms with Crippen molar-refractivity contribution in [3.05, 3.63) is 29.8 Å². The summed E-state index contributed by atoms with van der Waals surface area (Å²) in [5.41, 5.74) is 1.59. The standard InChI is InChI=1S/C13H17NO3/c1-9(2)13(16)14-11-6-4-10(5-7-11)8-12(15)17-3/h4-7,9H,8H2,1-3H3,(H,14,16). The number of carbonyl (C=O) groups is 2. The van der Waals surface area contributed by atoms with E-state index in [0.29, 0.717) is 0 Å². The van der Waals surface area contributed by atoms with Gasteiger partial charge in [-0.3, -0.25) is 9.59 Å². The minimum Gasteiger partial charge on any atom is -0.469 e. The van der Waals surface area contributed by atoms with Crippen molar-refractivity contribution in [2.75, 3.05) is 12.4 Å². The Bertz CT molecular complexity index is 396. The molecule has 0 aromatic heterocycles. The molecule has 0 unspecified atom stereocenters. The number of amides is 1. The zero-order chi connectivity index (χ0) is 12.8. The van der Waals surface area contributed by atoms with E-state index < -0.39 is 0 Å². The number of anilines is 1. The second-order valence-corrected chi connectivity index (χ2v) is 4.09. The first-order chi connectivity index (χ1) is 8.02. The Kier molecular flexibility index (Phi) is 4.69. The van der Waals surface area contributed by atoms with Gasteiger partial charge >= 0.3 is 5.97 Å². The molecule has 0 spiro atoms. The molecule has 92 valence electrons. The number of esters is 1. The van der Waals surface area contributed by atoms with Crippen molar-refractivity contribution in [2.45, 2.75) is 20.3 Å². The summed E-state index contributed by atoms with van der Waals surface area (Å²) >= 11 is 0. The zero-order valence-corrected chi connectivity index (χ0v) is 10.3. The second kappa shape index (κ2) is 6.03. The minimum absolute atomic E-state index is 0.0225. The number of hydrogen-bond donors (Lipinski definition) is 1. The summed E-state index contributed by atoms with van der Waals surface area (Å²) in [5, 5.41) is 2.78. The van der Waals surface area contributed by atoms with Crippen LogP contribution in [0.1, 0.15) is 19.4 Å². The summed E-state index contributed by atoms with van der Waals surface area (Å²) in [6, 6.07) is 7.15. The van der Waals surface area contributed by atoms with Gasteiger partial charge < -0.3 is 10.1 Å². The van der Waals surface area contributed by atoms with Crippen LogP contribution in [0.2, 0.25) is 0 Å². The maximum Gasteiger partial charge on any atom is 0.309 e. The van der Waals surface area contributed by atoms with Crippen LogP contribution in [0.25, 0.3) is 0 Å². The van der Waals surface area contributed by atoms with Crippen LogP contribution >= 0.6 is 0 Å². The van der Waals surface area contributed by atoms with Crippen molar-refractivity contribution in [3.63, 3.8) is 0 Å². The molecule has 0 bridgehead atoms. The molecule has 0 aliphatic carbocycles. The molecule has 0 radical (unpaired) electrons. The first-order valence-corrected chi connectivity index (χ1v) is 5.49. The minimum atomic E-state index is -0.274. The van der Waals surface area contributed by atoms with Crippen LogP contribution in [0.3, 0.4) is 0 Å². The van der Waals surface area contributed by atoms with Gasteiger partial charge in [0.2, 0.25) is 5.91 Å². The van der Waals surface area contributed by atoms with Crippen molar-refractivity contribution >= 4 is 17.6 Å². The van der Waals surface area contributed by atoms with E-state index in [2.05, 4.69) is 10.1 Å². The summed E-state index contributed by atoms with van der Waals surface area (Å²) in [5.74, 6) is -0.348. The Morgan fingerprint density at radius 1 is 1.24 bits per heavy atom. The van der Waals surface area contributed by atoms with Gasteiger partial charge in [-0.2, -0.15) is 0 Å². The average Bonchev–Trinajstić information content (AvgIpc) is 2.31. The van der Waals surface area contributed by atoms with E-state index in [1.54, 1.807) is 24.3 Å². The van der Waals surface area contributed by atoms with Crippen molar-refractivity contribution in [1.29, 1.82) is 0 Å². The number of methoxy groups -OCH3 is 1. The van der Waals surface area contributed by atoms with Crippen LogP contribution in [-0.2, 0) is 20.7 Å². The van der Waals surface area contributed by atoms with Crippen molar-refractivity contribution in [1.82, 2.24) is 0 Å². The Hall–Kier alpha value is -1.84. The third-order valence-corrected chi connectivity index (χ3v) is 2.32. The molecule has 1 N–H and O–H groups in total. The summed E-state index contributed by atoms with van der Waals surface area (Å²) < 4.78 is 4.57. The van der Waals surface area contributed by atoms with Gasteiger partial charge in [0.05, 0.1) is 13.5 Å². The van der Waals surface area contributed by atoms with E-state index in [-0.39, 0.29) is 24.2 Å². The molecule has 4 nitrogen and oxygen atoms in total. The lowest BCUT2D eigenvalue weighted by molar-refractivity contribution is -0.139. The molecule has 0 saturated carbocycles. The van der Waals surface area contributed by atoms with Crippen LogP contribution in [0, 0.1) is 5.92 Å². The lowest BCUT2D eigenvalue weighted by Gasteiger charge is -2.08. The Labute approximate surface area is 101 Å². The van der Waals surface area contributed by atoms with Crippen LogP contribution in [0.15, 0.2) is 24.3 Å². The molecule has 1 amide bonds. The molecular weight excluding hydrogens is 218 g/mol. The first-order valence-electron chi connectivity index (χ1n) is 5.49. The quantitative estimate of drug-likeness (QED) is 0.812. The molecule has 0 aliphatic rings. The molecule has 0 saturated heterocycles. The summed E-state index contributed by atoms with van der Waals surface area (Å²) in [4.78, 5) is 22.5. The fourth-order valence-corrected chi connectivity index (χ4v) is 1.23. The predicted octanol–water partition coefficient (Wildman–Crippen LogP) is 2.00. The number of benzene rings is 1. The number of carbonyl (C=O) groups excluding carboxylic acids is 2. The molecule has 1 rings (SSSR count). The van der Waals surface area contributed by atoms with Gasteiger partial charge in [0.1, 0.15) is 0 Å². The van der Waals surface area contributed by atoms with Crippen molar-refractivity contribution < 1.29 is 14.3 Å². The molecular formula is C13H17NO3. The van der Waals surface area contributed by atoms with Crippen LogP contribution in [-0.4, -0.2) is 19.0 Å². The average molecular weight is 235 g/mol. The van der Waals surface area contributed by atoms with Gasteiger partial charge in [-0.15, -0.1) is 0 Å². The van der Waals surface area contributed by atoms with E-state index >= 15 is 0 Å². The number of rotatable bonds is 4. The molecule has 4 heteroatoms. The zero-order valence-electron chi connectivity index (χ0n) is 10.3. The van der Waals surface area contributed by atoms with Gasteiger partial charge in [0.25, 0.3) is 0 Å². The van der Waals surface area contributed by atoms with Crippen molar-refractivity contribution in [2.24, 2.45) is 5.92 Å². The Balaban J connectivity index is 2.62. The SMILES string of the molecule is COC(=O)Cc1ccc(NC(=O)C(C)C)cc1. The smallest absolute Gasteiger partial charge is 0.309 e. The summed E-state index contributed by atoms with van der Waals surface area (Å²) in [7, 11) is 1.36. The van der Waals surface area contributed by atoms with Gasteiger partial charge in [-0.1, -0.05) is 26.0 Å².